The first kappa shape index (κ1) is 14.6. The largest absolute Gasteiger partial charge is 0.380 e. The SMILES string of the molecule is CCOCC(N)c1noc(C(OC)c2ccccc2)n1. The van der Waals surface area contributed by atoms with Gasteiger partial charge in [-0.25, -0.2) is 0 Å². The molecule has 1 aromatic heterocycles. The Hall–Kier alpha value is -1.76. The number of nitrogens with two attached hydrogens (primary N) is 1. The third-order valence-corrected chi connectivity index (χ3v) is 2.85. The zero-order valence-corrected chi connectivity index (χ0v) is 11.7. The molecule has 0 fully saturated rings. The first-order chi connectivity index (χ1) is 9.76. The summed E-state index contributed by atoms with van der Waals surface area (Å²) in [6, 6.07) is 9.28. The number of nitrogens with zero attached hydrogens (tertiary/aromatic N) is 2. The molecule has 2 rings (SSSR count). The number of aromatic nitrogens is 2. The Morgan fingerprint density at radius 3 is 2.70 bits per heavy atom. The van der Waals surface area contributed by atoms with Crippen LogP contribution in [-0.2, 0) is 9.47 Å². The van der Waals surface area contributed by atoms with Gasteiger partial charge >= 0.3 is 0 Å². The highest BCUT2D eigenvalue weighted by Gasteiger charge is 2.22. The molecule has 0 spiro atoms. The second kappa shape index (κ2) is 7.14. The Balaban J connectivity index is 2.14. The Morgan fingerprint density at radius 1 is 1.30 bits per heavy atom. The fraction of sp³-hybridized carbons (Fsp3) is 0.429. The first-order valence-corrected chi connectivity index (χ1v) is 6.50. The van der Waals surface area contributed by atoms with Crippen molar-refractivity contribution in [3.8, 4) is 0 Å². The lowest BCUT2D eigenvalue weighted by molar-refractivity contribution is 0.105. The van der Waals surface area contributed by atoms with Gasteiger partial charge in [0.1, 0.15) is 0 Å². The maximum Gasteiger partial charge on any atom is 0.260 e. The van der Waals surface area contributed by atoms with Crippen LogP contribution < -0.4 is 5.73 Å². The van der Waals surface area contributed by atoms with Crippen LogP contribution in [0.25, 0.3) is 0 Å². The minimum atomic E-state index is -0.402. The topological polar surface area (TPSA) is 83.4 Å². The van der Waals surface area contributed by atoms with Crippen LogP contribution in [0.4, 0.5) is 0 Å². The molecule has 108 valence electrons. The highest BCUT2D eigenvalue weighted by Crippen LogP contribution is 2.24. The van der Waals surface area contributed by atoms with Crippen molar-refractivity contribution in [2.24, 2.45) is 5.73 Å². The van der Waals surface area contributed by atoms with Gasteiger partial charge in [0.15, 0.2) is 11.9 Å². The number of methoxy groups -OCH3 is 1. The van der Waals surface area contributed by atoms with Crippen LogP contribution in [0.2, 0.25) is 0 Å². The summed E-state index contributed by atoms with van der Waals surface area (Å²) in [5.74, 6) is 0.812. The molecule has 0 radical (unpaired) electrons. The lowest BCUT2D eigenvalue weighted by atomic mass is 10.1. The second-order valence-electron chi connectivity index (χ2n) is 4.28. The molecule has 0 aliphatic heterocycles. The van der Waals surface area contributed by atoms with Crippen LogP contribution in [-0.4, -0.2) is 30.5 Å². The van der Waals surface area contributed by atoms with Gasteiger partial charge < -0.3 is 19.7 Å². The van der Waals surface area contributed by atoms with E-state index in [4.69, 9.17) is 19.7 Å². The Labute approximate surface area is 117 Å². The lowest BCUT2D eigenvalue weighted by Crippen LogP contribution is -2.18. The summed E-state index contributed by atoms with van der Waals surface area (Å²) in [7, 11) is 1.60. The average Bonchev–Trinajstić information content (AvgIpc) is 2.96. The molecule has 1 aromatic carbocycles. The smallest absolute Gasteiger partial charge is 0.260 e. The van der Waals surface area contributed by atoms with E-state index in [0.29, 0.717) is 24.9 Å². The van der Waals surface area contributed by atoms with E-state index in [0.717, 1.165) is 5.56 Å². The summed E-state index contributed by atoms with van der Waals surface area (Å²) in [6.07, 6.45) is -0.392. The van der Waals surface area contributed by atoms with Gasteiger partial charge in [0.25, 0.3) is 5.89 Å². The van der Waals surface area contributed by atoms with Crippen LogP contribution >= 0.6 is 0 Å². The normalized spacial score (nSPS) is 14.2. The number of benzene rings is 1. The lowest BCUT2D eigenvalue weighted by Gasteiger charge is -2.10. The molecule has 2 atom stereocenters. The van der Waals surface area contributed by atoms with Crippen LogP contribution in [0.5, 0.6) is 0 Å². The summed E-state index contributed by atoms with van der Waals surface area (Å²) < 4.78 is 15.9. The van der Waals surface area contributed by atoms with Crippen molar-refractivity contribution >= 4 is 0 Å². The van der Waals surface area contributed by atoms with E-state index >= 15 is 0 Å². The van der Waals surface area contributed by atoms with Gasteiger partial charge in [-0.15, -0.1) is 0 Å². The molecule has 6 heteroatoms. The molecular formula is C14H19N3O3. The highest BCUT2D eigenvalue weighted by atomic mass is 16.5. The van der Waals surface area contributed by atoms with Gasteiger partial charge in [-0.1, -0.05) is 35.5 Å². The van der Waals surface area contributed by atoms with E-state index in [1.54, 1.807) is 7.11 Å². The maximum absolute atomic E-state index is 5.92. The molecular weight excluding hydrogens is 258 g/mol. The van der Waals surface area contributed by atoms with E-state index in [9.17, 15) is 0 Å². The standard InChI is InChI=1S/C14H19N3O3/c1-3-19-9-11(15)13-16-14(20-17-13)12(18-2)10-7-5-4-6-8-10/h4-8,11-12H,3,9,15H2,1-2H3. The summed E-state index contributed by atoms with van der Waals surface area (Å²) in [6.45, 7) is 2.87. The van der Waals surface area contributed by atoms with E-state index in [-0.39, 0.29) is 0 Å². The fourth-order valence-corrected chi connectivity index (χ4v) is 1.83. The van der Waals surface area contributed by atoms with E-state index in [1.165, 1.54) is 0 Å². The second-order valence-corrected chi connectivity index (χ2v) is 4.28. The predicted octanol–water partition coefficient (Wildman–Crippen LogP) is 1.84. The van der Waals surface area contributed by atoms with Crippen LogP contribution in [0, 0.1) is 0 Å². The Morgan fingerprint density at radius 2 is 2.05 bits per heavy atom. The van der Waals surface area contributed by atoms with Crippen LogP contribution in [0.3, 0.4) is 0 Å². The third kappa shape index (κ3) is 3.41. The molecule has 2 aromatic rings. The van der Waals surface area contributed by atoms with Crippen molar-refractivity contribution < 1.29 is 14.0 Å². The molecule has 1 heterocycles. The van der Waals surface area contributed by atoms with Crippen molar-refractivity contribution in [2.75, 3.05) is 20.3 Å². The fourth-order valence-electron chi connectivity index (χ4n) is 1.83. The number of hydrogen-bond donors (Lipinski definition) is 1. The summed E-state index contributed by atoms with van der Waals surface area (Å²) in [5.41, 5.74) is 6.87. The Kier molecular flexibility index (Phi) is 5.23. The minimum Gasteiger partial charge on any atom is -0.380 e. The molecule has 2 N–H and O–H groups in total. The van der Waals surface area contributed by atoms with Gasteiger partial charge in [0, 0.05) is 13.7 Å². The van der Waals surface area contributed by atoms with E-state index < -0.39 is 12.1 Å². The molecule has 0 saturated heterocycles. The molecule has 2 unspecified atom stereocenters. The van der Waals surface area contributed by atoms with Gasteiger partial charge in [0.2, 0.25) is 0 Å². The molecule has 20 heavy (non-hydrogen) atoms. The molecule has 0 bridgehead atoms. The van der Waals surface area contributed by atoms with Gasteiger partial charge in [-0.2, -0.15) is 4.98 Å². The van der Waals surface area contributed by atoms with Crippen molar-refractivity contribution in [1.82, 2.24) is 10.1 Å². The zero-order chi connectivity index (χ0) is 14.4. The third-order valence-electron chi connectivity index (χ3n) is 2.85. The maximum atomic E-state index is 5.92. The number of rotatable bonds is 7. The minimum absolute atomic E-state index is 0.360. The van der Waals surface area contributed by atoms with Crippen LogP contribution in [0.15, 0.2) is 34.9 Å². The highest BCUT2D eigenvalue weighted by molar-refractivity contribution is 5.22. The molecule has 0 aliphatic rings. The first-order valence-electron chi connectivity index (χ1n) is 6.50. The molecule has 0 saturated carbocycles. The van der Waals surface area contributed by atoms with Crippen molar-refractivity contribution in [3.05, 3.63) is 47.6 Å². The molecule has 0 aliphatic carbocycles. The van der Waals surface area contributed by atoms with Crippen molar-refractivity contribution in [3.63, 3.8) is 0 Å². The zero-order valence-electron chi connectivity index (χ0n) is 11.7. The van der Waals surface area contributed by atoms with Crippen molar-refractivity contribution in [1.29, 1.82) is 0 Å². The molecule has 6 nitrogen and oxygen atoms in total. The molecule has 0 amide bonds. The number of ether oxygens (including phenoxy) is 2. The van der Waals surface area contributed by atoms with Crippen molar-refractivity contribution in [2.45, 2.75) is 19.1 Å². The van der Waals surface area contributed by atoms with E-state index in [2.05, 4.69) is 10.1 Å². The number of hydrogen-bond acceptors (Lipinski definition) is 6. The summed E-state index contributed by atoms with van der Waals surface area (Å²) in [4.78, 5) is 4.30. The Bertz CT molecular complexity index is 515. The van der Waals surface area contributed by atoms with E-state index in [1.807, 2.05) is 37.3 Å². The monoisotopic (exact) mass is 277 g/mol. The summed E-state index contributed by atoms with van der Waals surface area (Å²) >= 11 is 0. The average molecular weight is 277 g/mol. The van der Waals surface area contributed by atoms with Crippen LogP contribution in [0.1, 0.15) is 36.3 Å². The predicted molar refractivity (Wildman–Crippen MR) is 73.0 cm³/mol. The van der Waals surface area contributed by atoms with Gasteiger partial charge in [0.05, 0.1) is 12.6 Å². The summed E-state index contributed by atoms with van der Waals surface area (Å²) in [5, 5.41) is 3.89. The van der Waals surface area contributed by atoms with Gasteiger partial charge in [-0.3, -0.25) is 0 Å². The van der Waals surface area contributed by atoms with Gasteiger partial charge in [-0.05, 0) is 12.5 Å². The quantitative estimate of drug-likeness (QED) is 0.831.